The van der Waals surface area contributed by atoms with Crippen molar-refractivity contribution in [1.82, 2.24) is 0 Å². The highest BCUT2D eigenvalue weighted by atomic mass is 16.3. The Hall–Kier alpha value is -1.42. The largest absolute Gasteiger partial charge is 0.393 e. The van der Waals surface area contributed by atoms with Crippen molar-refractivity contribution in [2.24, 2.45) is 17.3 Å². The van der Waals surface area contributed by atoms with Gasteiger partial charge in [0.1, 0.15) is 0 Å². The van der Waals surface area contributed by atoms with Crippen molar-refractivity contribution < 1.29 is 15.3 Å². The van der Waals surface area contributed by atoms with Crippen LogP contribution in [0.25, 0.3) is 0 Å². The van der Waals surface area contributed by atoms with Gasteiger partial charge in [0.2, 0.25) is 0 Å². The molecule has 3 aliphatic carbocycles. The molecular formula is C27H40O3. The number of aliphatic hydroxyl groups excluding tert-OH is 2. The molecule has 0 aromatic heterocycles. The normalized spacial score (nSPS) is 36.4. The van der Waals surface area contributed by atoms with E-state index in [1.165, 1.54) is 18.4 Å². The van der Waals surface area contributed by atoms with Crippen molar-refractivity contribution in [2.45, 2.75) is 90.4 Å². The highest BCUT2D eigenvalue weighted by molar-refractivity contribution is 5.40. The Labute approximate surface area is 182 Å². The van der Waals surface area contributed by atoms with Crippen LogP contribution in [0.2, 0.25) is 0 Å². The average molecular weight is 413 g/mol. The van der Waals surface area contributed by atoms with E-state index in [0.29, 0.717) is 24.7 Å². The van der Waals surface area contributed by atoms with Crippen molar-refractivity contribution in [2.75, 3.05) is 0 Å². The fourth-order valence-corrected chi connectivity index (χ4v) is 5.77. The van der Waals surface area contributed by atoms with Crippen LogP contribution >= 0.6 is 0 Å². The van der Waals surface area contributed by atoms with Gasteiger partial charge in [-0.15, -0.1) is 0 Å². The molecule has 3 nitrogen and oxygen atoms in total. The van der Waals surface area contributed by atoms with E-state index in [1.807, 2.05) is 19.9 Å². The fourth-order valence-electron chi connectivity index (χ4n) is 5.77. The van der Waals surface area contributed by atoms with Gasteiger partial charge >= 0.3 is 0 Å². The first kappa shape index (κ1) is 23.2. The zero-order chi connectivity index (χ0) is 22.1. The van der Waals surface area contributed by atoms with Gasteiger partial charge in [0.05, 0.1) is 17.8 Å². The third-order valence-electron chi connectivity index (χ3n) is 7.42. The molecule has 3 N–H and O–H groups in total. The minimum absolute atomic E-state index is 0.202. The van der Waals surface area contributed by atoms with Gasteiger partial charge < -0.3 is 15.3 Å². The summed E-state index contributed by atoms with van der Waals surface area (Å²) in [6.45, 7) is 12.4. The molecule has 3 heteroatoms. The van der Waals surface area contributed by atoms with E-state index in [2.05, 4.69) is 44.7 Å². The topological polar surface area (TPSA) is 60.7 Å². The fraction of sp³-hybridized carbons (Fsp3) is 0.630. The molecule has 166 valence electrons. The number of hydrogen-bond acceptors (Lipinski definition) is 3. The molecule has 0 bridgehead atoms. The molecule has 30 heavy (non-hydrogen) atoms. The Balaban J connectivity index is 1.75. The van der Waals surface area contributed by atoms with Gasteiger partial charge in [-0.1, -0.05) is 62.0 Å². The van der Waals surface area contributed by atoms with E-state index in [9.17, 15) is 15.3 Å². The average Bonchev–Trinajstić information content (AvgIpc) is 3.00. The van der Waals surface area contributed by atoms with Crippen LogP contribution in [0.4, 0.5) is 0 Å². The van der Waals surface area contributed by atoms with E-state index >= 15 is 0 Å². The molecule has 0 spiro atoms. The first-order chi connectivity index (χ1) is 14.0. The van der Waals surface area contributed by atoms with Crippen LogP contribution in [0.3, 0.4) is 0 Å². The summed E-state index contributed by atoms with van der Waals surface area (Å²) in [5.74, 6) is 1.00. The number of rotatable bonds is 5. The third-order valence-corrected chi connectivity index (χ3v) is 7.42. The molecule has 5 atom stereocenters. The smallest absolute Gasteiger partial charge is 0.0811 e. The van der Waals surface area contributed by atoms with Crippen molar-refractivity contribution in [3.05, 3.63) is 59.3 Å². The molecule has 0 saturated heterocycles. The van der Waals surface area contributed by atoms with Crippen LogP contribution in [0.15, 0.2) is 59.3 Å². The lowest BCUT2D eigenvalue weighted by Gasteiger charge is -2.42. The van der Waals surface area contributed by atoms with Crippen molar-refractivity contribution in [3.63, 3.8) is 0 Å². The molecular weight excluding hydrogens is 372 g/mol. The zero-order valence-corrected chi connectivity index (χ0v) is 19.2. The standard InChI is InChI=1S/C27H40O3/c1-18(8-6-14-26(3,4)30)23-12-13-24-20(9-7-15-27(23,24)5)10-11-21-16-22(28)17-25(29)19(21)2/h6,10-12,14,18,22,24-25,28-30H,2,7-9,13,15-17H2,1,3-5H3/b14-6+,20-10+,21-11-/t18-,22-,24+,25?,27-/m1/s1. The number of fused-ring (bicyclic) bond motifs is 1. The predicted octanol–water partition coefficient (Wildman–Crippen LogP) is 5.40. The molecule has 1 unspecified atom stereocenters. The van der Waals surface area contributed by atoms with E-state index in [1.54, 1.807) is 5.57 Å². The second kappa shape index (κ2) is 8.98. The Kier molecular flexibility index (Phi) is 6.96. The lowest BCUT2D eigenvalue weighted by molar-refractivity contribution is 0.0862. The summed E-state index contributed by atoms with van der Waals surface area (Å²) >= 11 is 0. The highest BCUT2D eigenvalue weighted by Gasteiger charge is 2.45. The zero-order valence-electron chi connectivity index (χ0n) is 19.2. The summed E-state index contributed by atoms with van der Waals surface area (Å²) in [5, 5.41) is 30.1. The van der Waals surface area contributed by atoms with Crippen LogP contribution < -0.4 is 0 Å². The molecule has 0 aromatic carbocycles. The van der Waals surface area contributed by atoms with Gasteiger partial charge in [-0.3, -0.25) is 0 Å². The predicted molar refractivity (Wildman–Crippen MR) is 124 cm³/mol. The van der Waals surface area contributed by atoms with Crippen molar-refractivity contribution in [3.8, 4) is 0 Å². The van der Waals surface area contributed by atoms with Crippen molar-refractivity contribution in [1.29, 1.82) is 0 Å². The van der Waals surface area contributed by atoms with E-state index < -0.39 is 17.8 Å². The SMILES string of the molecule is C=C1/C(=C\C=C2/CCC[C@]3(C)C([C@H](C)C/C=C/C(C)(C)O)=CC[C@@H]23)C[C@@H](O)CC1O. The lowest BCUT2D eigenvalue weighted by Crippen LogP contribution is -2.32. The van der Waals surface area contributed by atoms with Crippen LogP contribution in [-0.4, -0.2) is 33.1 Å². The molecule has 0 radical (unpaired) electrons. The quantitative estimate of drug-likeness (QED) is 0.530. The van der Waals surface area contributed by atoms with Crippen LogP contribution in [-0.2, 0) is 0 Å². The first-order valence-corrected chi connectivity index (χ1v) is 11.6. The minimum atomic E-state index is -0.755. The van der Waals surface area contributed by atoms with Gasteiger partial charge in [0, 0.05) is 6.42 Å². The van der Waals surface area contributed by atoms with Crippen molar-refractivity contribution >= 4 is 0 Å². The number of allylic oxidation sites excluding steroid dienone is 6. The first-order valence-electron chi connectivity index (χ1n) is 11.6. The summed E-state index contributed by atoms with van der Waals surface area (Å²) in [4.78, 5) is 0. The molecule has 2 saturated carbocycles. The molecule has 2 fully saturated rings. The Bertz CT molecular complexity index is 776. The molecule has 0 aromatic rings. The maximum Gasteiger partial charge on any atom is 0.0811 e. The maximum absolute atomic E-state index is 10.1. The summed E-state index contributed by atoms with van der Waals surface area (Å²) in [5.41, 5.74) is 4.25. The molecule has 0 amide bonds. The monoisotopic (exact) mass is 412 g/mol. The van der Waals surface area contributed by atoms with E-state index in [0.717, 1.165) is 30.4 Å². The Morgan fingerprint density at radius 1 is 1.30 bits per heavy atom. The van der Waals surface area contributed by atoms with Crippen LogP contribution in [0.5, 0.6) is 0 Å². The van der Waals surface area contributed by atoms with Gasteiger partial charge in [-0.25, -0.2) is 0 Å². The third kappa shape index (κ3) is 5.07. The van der Waals surface area contributed by atoms with Crippen LogP contribution in [0.1, 0.15) is 72.6 Å². The summed E-state index contributed by atoms with van der Waals surface area (Å²) in [7, 11) is 0. The van der Waals surface area contributed by atoms with Gasteiger partial charge in [0.25, 0.3) is 0 Å². The maximum atomic E-state index is 10.1. The van der Waals surface area contributed by atoms with Crippen LogP contribution in [0, 0.1) is 17.3 Å². The molecule has 0 aliphatic heterocycles. The number of aliphatic hydroxyl groups is 3. The van der Waals surface area contributed by atoms with E-state index in [4.69, 9.17) is 0 Å². The van der Waals surface area contributed by atoms with Gasteiger partial charge in [-0.05, 0) is 80.8 Å². The highest BCUT2D eigenvalue weighted by Crippen LogP contribution is 2.56. The molecule has 0 heterocycles. The summed E-state index contributed by atoms with van der Waals surface area (Å²) in [6, 6.07) is 0. The molecule has 3 rings (SSSR count). The Morgan fingerprint density at radius 2 is 2.03 bits per heavy atom. The number of hydrogen-bond donors (Lipinski definition) is 3. The minimum Gasteiger partial charge on any atom is -0.393 e. The Morgan fingerprint density at radius 3 is 2.73 bits per heavy atom. The summed E-state index contributed by atoms with van der Waals surface area (Å²) in [6.07, 6.45) is 16.3. The van der Waals surface area contributed by atoms with Gasteiger partial charge in [0.15, 0.2) is 0 Å². The second-order valence-electron chi connectivity index (χ2n) is 10.5. The van der Waals surface area contributed by atoms with E-state index in [-0.39, 0.29) is 5.41 Å². The summed E-state index contributed by atoms with van der Waals surface area (Å²) < 4.78 is 0. The molecule has 3 aliphatic rings. The second-order valence-corrected chi connectivity index (χ2v) is 10.5. The lowest BCUT2D eigenvalue weighted by atomic mass is 9.62. The van der Waals surface area contributed by atoms with Gasteiger partial charge in [-0.2, -0.15) is 0 Å².